The molecule has 0 bridgehead atoms. The first-order valence-electron chi connectivity index (χ1n) is 4.70. The van der Waals surface area contributed by atoms with Gasteiger partial charge in [0.2, 0.25) is 10.0 Å². The van der Waals surface area contributed by atoms with Crippen LogP contribution >= 0.6 is 0 Å². The lowest BCUT2D eigenvalue weighted by Gasteiger charge is -1.93. The topological polar surface area (TPSA) is 115 Å². The highest BCUT2D eigenvalue weighted by Gasteiger charge is 2.03. The molecule has 0 radical (unpaired) electrons. The van der Waals surface area contributed by atoms with Gasteiger partial charge in [0.25, 0.3) is 10.1 Å². The molecular formula is C9H15NO5S2. The molecule has 0 amide bonds. The van der Waals surface area contributed by atoms with E-state index in [1.807, 2.05) is 0 Å². The number of nitrogens with two attached hydrogens (primary N) is 1. The highest BCUT2D eigenvalue weighted by Crippen LogP contribution is 2.02. The molecule has 1 rings (SSSR count). The number of hydrogen-bond acceptors (Lipinski definition) is 4. The molecule has 98 valence electrons. The Morgan fingerprint density at radius 1 is 1.12 bits per heavy atom. The van der Waals surface area contributed by atoms with Crippen LogP contribution in [0.25, 0.3) is 0 Å². The number of benzene rings is 1. The first-order valence-corrected chi connectivity index (χ1v) is 7.85. The smallest absolute Gasteiger partial charge is 0.264 e. The average molecular weight is 281 g/mol. The Hall–Kier alpha value is -0.960. The van der Waals surface area contributed by atoms with E-state index in [-0.39, 0.29) is 10.6 Å². The zero-order chi connectivity index (χ0) is 13.5. The number of rotatable bonds is 3. The number of sulfonamides is 1. The Morgan fingerprint density at radius 2 is 1.59 bits per heavy atom. The molecule has 0 aliphatic heterocycles. The van der Waals surface area contributed by atoms with E-state index in [2.05, 4.69) is 0 Å². The maximum absolute atomic E-state index is 10.6. The summed E-state index contributed by atoms with van der Waals surface area (Å²) in [5, 5.41) is 4.83. The lowest BCUT2D eigenvalue weighted by Crippen LogP contribution is -2.11. The van der Waals surface area contributed by atoms with Crippen LogP contribution in [0, 0.1) is 0 Å². The third kappa shape index (κ3) is 8.81. The summed E-state index contributed by atoms with van der Waals surface area (Å²) in [6.45, 7) is 1.69. The van der Waals surface area contributed by atoms with Gasteiger partial charge < -0.3 is 0 Å². The number of primary sulfonamides is 1. The molecule has 0 unspecified atom stereocenters. The normalized spacial score (nSPS) is 11.5. The lowest BCUT2D eigenvalue weighted by molar-refractivity contribution is 0.482. The van der Waals surface area contributed by atoms with Crippen LogP contribution in [0.1, 0.15) is 13.3 Å². The monoisotopic (exact) mass is 281 g/mol. The van der Waals surface area contributed by atoms with Crippen LogP contribution < -0.4 is 5.14 Å². The van der Waals surface area contributed by atoms with Crippen LogP contribution in [-0.2, 0) is 20.1 Å². The second kappa shape index (κ2) is 6.70. The van der Waals surface area contributed by atoms with Crippen LogP contribution in [-0.4, -0.2) is 27.1 Å². The van der Waals surface area contributed by atoms with Crippen molar-refractivity contribution in [1.82, 2.24) is 0 Å². The predicted octanol–water partition coefficient (Wildman–Crippen LogP) is 0.618. The van der Waals surface area contributed by atoms with Gasteiger partial charge in [0.05, 0.1) is 10.6 Å². The van der Waals surface area contributed by atoms with Gasteiger partial charge in [0.1, 0.15) is 0 Å². The molecule has 3 N–H and O–H groups in total. The molecule has 0 aliphatic rings. The maximum atomic E-state index is 10.6. The predicted molar refractivity (Wildman–Crippen MR) is 64.5 cm³/mol. The third-order valence-electron chi connectivity index (χ3n) is 1.53. The van der Waals surface area contributed by atoms with Crippen molar-refractivity contribution in [3.8, 4) is 0 Å². The summed E-state index contributed by atoms with van der Waals surface area (Å²) in [7, 11) is -7.18. The van der Waals surface area contributed by atoms with Crippen LogP contribution in [0.15, 0.2) is 35.2 Å². The van der Waals surface area contributed by atoms with Crippen molar-refractivity contribution in [3.05, 3.63) is 30.3 Å². The lowest BCUT2D eigenvalue weighted by atomic mass is 10.4. The van der Waals surface area contributed by atoms with Crippen LogP contribution in [0.4, 0.5) is 0 Å². The third-order valence-corrected chi connectivity index (χ3v) is 3.39. The molecule has 6 nitrogen and oxygen atoms in total. The Balaban J connectivity index is 0.000000325. The zero-order valence-electron chi connectivity index (χ0n) is 9.28. The summed E-state index contributed by atoms with van der Waals surface area (Å²) in [5.41, 5.74) is 0. The van der Waals surface area contributed by atoms with Gasteiger partial charge in [-0.25, -0.2) is 13.6 Å². The zero-order valence-corrected chi connectivity index (χ0v) is 10.9. The molecule has 0 saturated carbocycles. The summed E-state index contributed by atoms with van der Waals surface area (Å²) >= 11 is 0. The van der Waals surface area contributed by atoms with Gasteiger partial charge in [0.15, 0.2) is 0 Å². The van der Waals surface area contributed by atoms with Crippen molar-refractivity contribution >= 4 is 20.1 Å². The Bertz CT molecular complexity index is 522. The first-order chi connectivity index (χ1) is 7.67. The van der Waals surface area contributed by atoms with E-state index >= 15 is 0 Å². The molecule has 8 heteroatoms. The van der Waals surface area contributed by atoms with Crippen molar-refractivity contribution in [2.75, 3.05) is 5.75 Å². The van der Waals surface area contributed by atoms with Gasteiger partial charge in [-0.3, -0.25) is 4.55 Å². The van der Waals surface area contributed by atoms with Crippen molar-refractivity contribution in [2.45, 2.75) is 18.2 Å². The number of hydrogen-bond donors (Lipinski definition) is 2. The summed E-state index contributed by atoms with van der Waals surface area (Å²) in [4.78, 5) is 0.148. The van der Waals surface area contributed by atoms with Crippen molar-refractivity contribution in [3.63, 3.8) is 0 Å². The second-order valence-corrected chi connectivity index (χ2v) is 6.28. The quantitative estimate of drug-likeness (QED) is 0.788. The minimum atomic E-state index is -3.67. The molecule has 17 heavy (non-hydrogen) atoms. The standard InChI is InChI=1S/C6H7NO2S.C3H8O3S/c7-10(8,9)6-4-2-1-3-5-6;1-2-3-7(4,5)6/h1-5H,(H2,7,8,9);2-3H2,1H3,(H,4,5,6). The van der Waals surface area contributed by atoms with Gasteiger partial charge in [-0.15, -0.1) is 0 Å². The van der Waals surface area contributed by atoms with Crippen molar-refractivity contribution in [2.24, 2.45) is 5.14 Å². The summed E-state index contributed by atoms with van der Waals surface area (Å²) in [6, 6.07) is 7.89. The molecule has 0 aromatic heterocycles. The van der Waals surface area contributed by atoms with Gasteiger partial charge in [-0.05, 0) is 18.6 Å². The molecule has 1 aromatic carbocycles. The van der Waals surface area contributed by atoms with E-state index in [1.165, 1.54) is 12.1 Å². The molecular weight excluding hydrogens is 266 g/mol. The van der Waals surface area contributed by atoms with Gasteiger partial charge in [0, 0.05) is 0 Å². The molecule has 0 heterocycles. The molecule has 0 fully saturated rings. The second-order valence-electron chi connectivity index (χ2n) is 3.14. The fourth-order valence-electron chi connectivity index (χ4n) is 0.868. The van der Waals surface area contributed by atoms with E-state index < -0.39 is 20.1 Å². The molecule has 0 spiro atoms. The fourth-order valence-corrected chi connectivity index (χ4v) is 1.92. The minimum Gasteiger partial charge on any atom is -0.286 e. The Morgan fingerprint density at radius 3 is 1.76 bits per heavy atom. The van der Waals surface area contributed by atoms with Crippen molar-refractivity contribution in [1.29, 1.82) is 0 Å². The van der Waals surface area contributed by atoms with Gasteiger partial charge in [-0.2, -0.15) is 8.42 Å². The first kappa shape index (κ1) is 16.0. The van der Waals surface area contributed by atoms with Crippen LogP contribution in [0.3, 0.4) is 0 Å². The Kier molecular flexibility index (Phi) is 6.32. The van der Waals surface area contributed by atoms with E-state index in [1.54, 1.807) is 25.1 Å². The summed E-state index contributed by atoms with van der Waals surface area (Å²) in [5.74, 6) is -0.132. The summed E-state index contributed by atoms with van der Waals surface area (Å²) < 4.78 is 48.8. The van der Waals surface area contributed by atoms with E-state index in [4.69, 9.17) is 9.69 Å². The van der Waals surface area contributed by atoms with Gasteiger partial charge >= 0.3 is 0 Å². The largest absolute Gasteiger partial charge is 0.286 e. The van der Waals surface area contributed by atoms with Crippen molar-refractivity contribution < 1.29 is 21.4 Å². The molecule has 0 atom stereocenters. The summed E-state index contributed by atoms with van der Waals surface area (Å²) in [6.07, 6.45) is 0.471. The van der Waals surface area contributed by atoms with E-state index in [0.717, 1.165) is 0 Å². The molecule has 0 saturated heterocycles. The highest BCUT2D eigenvalue weighted by molar-refractivity contribution is 7.89. The van der Waals surface area contributed by atoms with Gasteiger partial charge in [-0.1, -0.05) is 25.1 Å². The molecule has 1 aromatic rings. The SMILES string of the molecule is CCCS(=O)(=O)O.NS(=O)(=O)c1ccccc1. The van der Waals surface area contributed by atoms with E-state index in [0.29, 0.717) is 6.42 Å². The van der Waals surface area contributed by atoms with Crippen LogP contribution in [0.2, 0.25) is 0 Å². The fraction of sp³-hybridized carbons (Fsp3) is 0.333. The molecule has 0 aliphatic carbocycles. The maximum Gasteiger partial charge on any atom is 0.264 e. The van der Waals surface area contributed by atoms with Crippen LogP contribution in [0.5, 0.6) is 0 Å². The highest BCUT2D eigenvalue weighted by atomic mass is 32.2. The van der Waals surface area contributed by atoms with E-state index in [9.17, 15) is 16.8 Å². The average Bonchev–Trinajstić information content (AvgIpc) is 2.17. The Labute approximate surface area is 101 Å². The minimum absolute atomic E-state index is 0.132.